The van der Waals surface area contributed by atoms with Gasteiger partial charge in [0.25, 0.3) is 5.91 Å². The van der Waals surface area contributed by atoms with Gasteiger partial charge in [0, 0.05) is 19.2 Å². The molecule has 0 bridgehead atoms. The maximum Gasteiger partial charge on any atom is 0.419 e. The first kappa shape index (κ1) is 14.8. The molecule has 1 atom stereocenters. The highest BCUT2D eigenvalue weighted by atomic mass is 19.4. The molecule has 0 N–H and O–H groups in total. The van der Waals surface area contributed by atoms with Crippen LogP contribution in [-0.4, -0.2) is 37.1 Å². The van der Waals surface area contributed by atoms with Gasteiger partial charge in [-0.25, -0.2) is 4.39 Å². The summed E-state index contributed by atoms with van der Waals surface area (Å²) in [6, 6.07) is 2.10. The van der Waals surface area contributed by atoms with Crippen LogP contribution in [0.15, 0.2) is 18.2 Å². The van der Waals surface area contributed by atoms with Crippen molar-refractivity contribution in [3.8, 4) is 0 Å². The van der Waals surface area contributed by atoms with Gasteiger partial charge in [-0.05, 0) is 24.6 Å². The number of halogens is 4. The van der Waals surface area contributed by atoms with Crippen LogP contribution in [-0.2, 0) is 10.9 Å². The summed E-state index contributed by atoms with van der Waals surface area (Å²) >= 11 is 0. The quantitative estimate of drug-likeness (QED) is 0.784. The van der Waals surface area contributed by atoms with E-state index in [-0.39, 0.29) is 11.6 Å². The minimum Gasteiger partial charge on any atom is -0.379 e. The maximum absolute atomic E-state index is 13.2. The van der Waals surface area contributed by atoms with Crippen molar-refractivity contribution in [3.63, 3.8) is 0 Å². The van der Waals surface area contributed by atoms with Crippen LogP contribution in [0.4, 0.5) is 17.6 Å². The van der Waals surface area contributed by atoms with E-state index in [1.165, 1.54) is 11.9 Å². The van der Waals surface area contributed by atoms with Crippen molar-refractivity contribution in [1.29, 1.82) is 0 Å². The van der Waals surface area contributed by atoms with E-state index in [1.807, 2.05) is 0 Å². The van der Waals surface area contributed by atoms with Crippen molar-refractivity contribution in [3.05, 3.63) is 35.1 Å². The molecule has 1 aromatic rings. The first-order valence-electron chi connectivity index (χ1n) is 6.02. The van der Waals surface area contributed by atoms with Gasteiger partial charge in [-0.1, -0.05) is 0 Å². The minimum absolute atomic E-state index is 0.165. The number of carbonyl (C=O) groups is 1. The first-order chi connectivity index (χ1) is 9.30. The third-order valence-corrected chi connectivity index (χ3v) is 3.29. The Balaban J connectivity index is 2.26. The topological polar surface area (TPSA) is 29.5 Å². The molecule has 0 aromatic heterocycles. The number of hydrogen-bond donors (Lipinski definition) is 0. The predicted octanol–water partition coefficient (Wildman–Crippen LogP) is 2.71. The number of carbonyl (C=O) groups excluding carboxylic acids is 1. The van der Waals surface area contributed by atoms with Crippen LogP contribution in [0, 0.1) is 5.82 Å². The Bertz CT molecular complexity index is 510. The fraction of sp³-hybridized carbons (Fsp3) is 0.462. The average molecular weight is 291 g/mol. The second-order valence-corrected chi connectivity index (χ2v) is 4.63. The highest BCUT2D eigenvalue weighted by molar-refractivity contribution is 5.94. The molecule has 1 aliphatic heterocycles. The zero-order valence-corrected chi connectivity index (χ0v) is 10.7. The molecule has 20 heavy (non-hydrogen) atoms. The Morgan fingerprint density at radius 2 is 2.10 bits per heavy atom. The minimum atomic E-state index is -4.82. The van der Waals surface area contributed by atoms with Crippen molar-refractivity contribution in [1.82, 2.24) is 4.90 Å². The van der Waals surface area contributed by atoms with Crippen molar-refractivity contribution < 1.29 is 27.1 Å². The Morgan fingerprint density at radius 3 is 2.65 bits per heavy atom. The Hall–Kier alpha value is -1.63. The van der Waals surface area contributed by atoms with E-state index in [0.717, 1.165) is 6.07 Å². The predicted molar refractivity (Wildman–Crippen MR) is 62.7 cm³/mol. The number of ether oxygens (including phenoxy) is 1. The van der Waals surface area contributed by atoms with E-state index in [4.69, 9.17) is 4.74 Å². The normalized spacial score (nSPS) is 19.1. The molecule has 0 spiro atoms. The average Bonchev–Trinajstić information content (AvgIpc) is 2.90. The number of amides is 1. The molecule has 1 saturated heterocycles. The standard InChI is InChI=1S/C13H13F4NO2/c1-18(9-4-5-20-7-9)12(19)8-2-3-11(14)10(6-8)13(15,16)17/h2-3,6,9H,4-5,7H2,1H3. The van der Waals surface area contributed by atoms with E-state index >= 15 is 0 Å². The monoisotopic (exact) mass is 291 g/mol. The summed E-state index contributed by atoms with van der Waals surface area (Å²) in [5.74, 6) is -1.97. The second kappa shape index (κ2) is 5.40. The van der Waals surface area contributed by atoms with Gasteiger partial charge < -0.3 is 9.64 Å². The lowest BCUT2D eigenvalue weighted by molar-refractivity contribution is -0.140. The summed E-state index contributed by atoms with van der Waals surface area (Å²) in [6.07, 6.45) is -4.19. The first-order valence-corrected chi connectivity index (χ1v) is 6.02. The lowest BCUT2D eigenvalue weighted by atomic mass is 10.1. The zero-order valence-electron chi connectivity index (χ0n) is 10.7. The van der Waals surface area contributed by atoms with Gasteiger partial charge >= 0.3 is 6.18 Å². The van der Waals surface area contributed by atoms with E-state index in [9.17, 15) is 22.4 Å². The van der Waals surface area contributed by atoms with E-state index in [1.54, 1.807) is 0 Å². The molecule has 0 aliphatic carbocycles. The van der Waals surface area contributed by atoms with Gasteiger partial charge in [-0.3, -0.25) is 4.79 Å². The van der Waals surface area contributed by atoms with Gasteiger partial charge in [0.1, 0.15) is 5.82 Å². The van der Waals surface area contributed by atoms with Gasteiger partial charge in [0.15, 0.2) is 0 Å². The van der Waals surface area contributed by atoms with Crippen molar-refractivity contribution in [2.45, 2.75) is 18.6 Å². The van der Waals surface area contributed by atoms with Crippen LogP contribution in [0.25, 0.3) is 0 Å². The van der Waals surface area contributed by atoms with Gasteiger partial charge in [-0.15, -0.1) is 0 Å². The number of nitrogens with zero attached hydrogens (tertiary/aromatic N) is 1. The van der Waals surface area contributed by atoms with Gasteiger partial charge in [-0.2, -0.15) is 13.2 Å². The van der Waals surface area contributed by atoms with E-state index in [2.05, 4.69) is 0 Å². The number of rotatable bonds is 2. The lowest BCUT2D eigenvalue weighted by Gasteiger charge is -2.23. The molecule has 0 saturated carbocycles. The molecule has 1 heterocycles. The van der Waals surface area contributed by atoms with Crippen LogP contribution in [0.1, 0.15) is 22.3 Å². The molecule has 1 aliphatic rings. The Labute approximate surface area is 113 Å². The third kappa shape index (κ3) is 2.92. The second-order valence-electron chi connectivity index (χ2n) is 4.63. The number of likely N-dealkylation sites (N-methyl/N-ethyl adjacent to an activating group) is 1. The summed E-state index contributed by atoms with van der Waals surface area (Å²) < 4.78 is 56.1. The number of hydrogen-bond acceptors (Lipinski definition) is 2. The van der Waals surface area contributed by atoms with Crippen molar-refractivity contribution in [2.75, 3.05) is 20.3 Å². The Kier molecular flexibility index (Phi) is 3.99. The van der Waals surface area contributed by atoms with E-state index in [0.29, 0.717) is 31.8 Å². The highest BCUT2D eigenvalue weighted by Gasteiger charge is 2.35. The van der Waals surface area contributed by atoms with Crippen LogP contribution in [0.5, 0.6) is 0 Å². The number of benzene rings is 1. The molecule has 0 radical (unpaired) electrons. The summed E-state index contributed by atoms with van der Waals surface area (Å²) in [4.78, 5) is 13.4. The summed E-state index contributed by atoms with van der Waals surface area (Å²) in [7, 11) is 1.50. The molecule has 3 nitrogen and oxygen atoms in total. The largest absolute Gasteiger partial charge is 0.419 e. The van der Waals surface area contributed by atoms with Crippen LogP contribution >= 0.6 is 0 Å². The van der Waals surface area contributed by atoms with Crippen LogP contribution in [0.2, 0.25) is 0 Å². The molecule has 1 unspecified atom stereocenters. The molecular formula is C13H13F4NO2. The molecule has 1 aromatic carbocycles. The molecule has 7 heteroatoms. The highest BCUT2D eigenvalue weighted by Crippen LogP contribution is 2.32. The molecular weight excluding hydrogens is 278 g/mol. The van der Waals surface area contributed by atoms with Crippen molar-refractivity contribution >= 4 is 5.91 Å². The fourth-order valence-corrected chi connectivity index (χ4v) is 2.07. The van der Waals surface area contributed by atoms with Gasteiger partial charge in [0.2, 0.25) is 0 Å². The zero-order chi connectivity index (χ0) is 14.9. The van der Waals surface area contributed by atoms with Crippen LogP contribution in [0.3, 0.4) is 0 Å². The van der Waals surface area contributed by atoms with Gasteiger partial charge in [0.05, 0.1) is 18.2 Å². The molecule has 110 valence electrons. The molecule has 2 rings (SSSR count). The Morgan fingerprint density at radius 1 is 1.40 bits per heavy atom. The third-order valence-electron chi connectivity index (χ3n) is 3.29. The van der Waals surface area contributed by atoms with Crippen LogP contribution < -0.4 is 0 Å². The SMILES string of the molecule is CN(C(=O)c1ccc(F)c(C(F)(F)F)c1)C1CCOC1. The lowest BCUT2D eigenvalue weighted by Crippen LogP contribution is -2.37. The summed E-state index contributed by atoms with van der Waals surface area (Å²) in [5.41, 5.74) is -1.62. The number of alkyl halides is 3. The summed E-state index contributed by atoms with van der Waals surface area (Å²) in [6.45, 7) is 0.870. The smallest absolute Gasteiger partial charge is 0.379 e. The van der Waals surface area contributed by atoms with E-state index < -0.39 is 23.5 Å². The molecule has 1 amide bonds. The fourth-order valence-electron chi connectivity index (χ4n) is 2.07. The van der Waals surface area contributed by atoms with Crippen molar-refractivity contribution in [2.24, 2.45) is 0 Å². The maximum atomic E-state index is 13.2. The summed E-state index contributed by atoms with van der Waals surface area (Å²) in [5, 5.41) is 0. The molecule has 1 fully saturated rings.